The number of ether oxygens (including phenoxy) is 2. The van der Waals surface area contributed by atoms with Crippen LogP contribution in [0.25, 0.3) is 0 Å². The van der Waals surface area contributed by atoms with Crippen LogP contribution in [-0.2, 0) is 9.53 Å². The molecule has 1 saturated heterocycles. The fourth-order valence-corrected chi connectivity index (χ4v) is 3.63. The maximum atomic E-state index is 12.7. The van der Waals surface area contributed by atoms with E-state index in [0.717, 1.165) is 32.3 Å². The maximum absolute atomic E-state index is 12.7. The third-order valence-corrected chi connectivity index (χ3v) is 5.45. The van der Waals surface area contributed by atoms with Crippen LogP contribution in [0.15, 0.2) is 24.3 Å². The Bertz CT molecular complexity index is 645. The number of aliphatic carboxylic acids is 1. The average Bonchev–Trinajstić information content (AvgIpc) is 3.16. The summed E-state index contributed by atoms with van der Waals surface area (Å²) >= 11 is 0. The third-order valence-electron chi connectivity index (χ3n) is 5.45. The van der Waals surface area contributed by atoms with E-state index in [-0.39, 0.29) is 12.0 Å². The van der Waals surface area contributed by atoms with Gasteiger partial charge < -0.3 is 19.9 Å². The third kappa shape index (κ3) is 4.36. The first-order valence-electron chi connectivity index (χ1n) is 9.39. The minimum absolute atomic E-state index is 0.104. The minimum atomic E-state index is -1.17. The Morgan fingerprint density at radius 2 is 2.08 bits per heavy atom. The standard InChI is InChI=1S/C20H27NO5/c1-14-7-9-20(10-8-14,19(23)24)21-18(22)15-4-2-5-16(12-15)26-13-17-6-3-11-25-17/h2,4-5,12,14,17H,3,6-11,13H2,1H3,(H,21,22)(H,23,24). The largest absolute Gasteiger partial charge is 0.491 e. The van der Waals surface area contributed by atoms with Crippen molar-refractivity contribution in [3.8, 4) is 5.75 Å². The fraction of sp³-hybridized carbons (Fsp3) is 0.600. The van der Waals surface area contributed by atoms with Crippen molar-refractivity contribution < 1.29 is 24.2 Å². The molecule has 1 aromatic carbocycles. The van der Waals surface area contributed by atoms with Crippen molar-refractivity contribution in [2.45, 2.75) is 57.1 Å². The Kier molecular flexibility index (Phi) is 5.81. The Morgan fingerprint density at radius 3 is 2.73 bits per heavy atom. The molecule has 1 aliphatic heterocycles. The van der Waals surface area contributed by atoms with Crippen LogP contribution in [-0.4, -0.2) is 41.8 Å². The number of carbonyl (C=O) groups is 2. The van der Waals surface area contributed by atoms with Gasteiger partial charge in [0.05, 0.1) is 6.10 Å². The molecule has 3 rings (SSSR count). The van der Waals surface area contributed by atoms with E-state index >= 15 is 0 Å². The number of carboxylic acids is 1. The highest BCUT2D eigenvalue weighted by atomic mass is 16.5. The Morgan fingerprint density at radius 1 is 1.31 bits per heavy atom. The van der Waals surface area contributed by atoms with Crippen LogP contribution in [0.4, 0.5) is 0 Å². The molecule has 0 spiro atoms. The first-order chi connectivity index (χ1) is 12.5. The van der Waals surface area contributed by atoms with Crippen molar-refractivity contribution in [3.05, 3.63) is 29.8 Å². The van der Waals surface area contributed by atoms with Gasteiger partial charge in [0.25, 0.3) is 5.91 Å². The molecule has 6 nitrogen and oxygen atoms in total. The molecule has 1 heterocycles. The lowest BCUT2D eigenvalue weighted by atomic mass is 9.77. The Labute approximate surface area is 153 Å². The van der Waals surface area contributed by atoms with Gasteiger partial charge in [-0.15, -0.1) is 0 Å². The van der Waals surface area contributed by atoms with Crippen molar-refractivity contribution in [2.75, 3.05) is 13.2 Å². The van der Waals surface area contributed by atoms with Crippen LogP contribution >= 0.6 is 0 Å². The summed E-state index contributed by atoms with van der Waals surface area (Å²) in [6.07, 6.45) is 4.67. The molecule has 1 aromatic rings. The topological polar surface area (TPSA) is 84.9 Å². The summed E-state index contributed by atoms with van der Waals surface area (Å²) in [5, 5.41) is 12.5. The lowest BCUT2D eigenvalue weighted by Crippen LogP contribution is -2.56. The van der Waals surface area contributed by atoms with Gasteiger partial charge in [0, 0.05) is 12.2 Å². The van der Waals surface area contributed by atoms with Gasteiger partial charge in [0.1, 0.15) is 17.9 Å². The summed E-state index contributed by atoms with van der Waals surface area (Å²) in [6.45, 7) is 3.34. The van der Waals surface area contributed by atoms with Crippen molar-refractivity contribution in [2.24, 2.45) is 5.92 Å². The first kappa shape index (κ1) is 18.7. The lowest BCUT2D eigenvalue weighted by Gasteiger charge is -2.36. The van der Waals surface area contributed by atoms with Crippen molar-refractivity contribution >= 4 is 11.9 Å². The fourth-order valence-electron chi connectivity index (χ4n) is 3.63. The number of carbonyl (C=O) groups excluding carboxylic acids is 1. The second-order valence-corrected chi connectivity index (χ2v) is 7.50. The van der Waals surface area contributed by atoms with Gasteiger partial charge in [-0.25, -0.2) is 4.79 Å². The second-order valence-electron chi connectivity index (χ2n) is 7.50. The molecule has 1 aliphatic carbocycles. The number of carboxylic acid groups (broad SMARTS) is 1. The number of rotatable bonds is 6. The maximum Gasteiger partial charge on any atom is 0.329 e. The van der Waals surface area contributed by atoms with Crippen LogP contribution in [0, 0.1) is 5.92 Å². The molecule has 142 valence electrons. The van der Waals surface area contributed by atoms with Gasteiger partial charge in [0.2, 0.25) is 0 Å². The van der Waals surface area contributed by atoms with Gasteiger partial charge in [-0.2, -0.15) is 0 Å². The number of amides is 1. The quantitative estimate of drug-likeness (QED) is 0.814. The molecular formula is C20H27NO5. The van der Waals surface area contributed by atoms with E-state index in [1.54, 1.807) is 24.3 Å². The predicted octanol–water partition coefficient (Wildman–Crippen LogP) is 3.01. The molecule has 2 aliphatic rings. The molecule has 0 radical (unpaired) electrons. The monoisotopic (exact) mass is 361 g/mol. The lowest BCUT2D eigenvalue weighted by molar-refractivity contribution is -0.146. The number of hydrogen-bond acceptors (Lipinski definition) is 4. The zero-order valence-electron chi connectivity index (χ0n) is 15.2. The van der Waals surface area contributed by atoms with Gasteiger partial charge in [-0.05, 0) is 62.6 Å². The molecule has 6 heteroatoms. The normalized spacial score (nSPS) is 28.5. The summed E-state index contributed by atoms with van der Waals surface area (Å²) in [4.78, 5) is 24.5. The first-order valence-corrected chi connectivity index (χ1v) is 9.39. The zero-order valence-corrected chi connectivity index (χ0v) is 15.2. The van der Waals surface area contributed by atoms with Crippen LogP contribution < -0.4 is 10.1 Å². The van der Waals surface area contributed by atoms with E-state index in [1.807, 2.05) is 0 Å². The summed E-state index contributed by atoms with van der Waals surface area (Å²) in [5.41, 5.74) is -0.757. The molecule has 0 aromatic heterocycles. The Balaban J connectivity index is 1.64. The van der Waals surface area contributed by atoms with Gasteiger partial charge >= 0.3 is 5.97 Å². The molecule has 1 amide bonds. The van der Waals surface area contributed by atoms with Crippen LogP contribution in [0.5, 0.6) is 5.75 Å². The van der Waals surface area contributed by atoms with Crippen molar-refractivity contribution in [3.63, 3.8) is 0 Å². The number of hydrogen-bond donors (Lipinski definition) is 2. The highest BCUT2D eigenvalue weighted by Gasteiger charge is 2.42. The van der Waals surface area contributed by atoms with E-state index in [1.165, 1.54) is 0 Å². The highest BCUT2D eigenvalue weighted by molar-refractivity contribution is 5.98. The molecule has 2 N–H and O–H groups in total. The SMILES string of the molecule is CC1CCC(NC(=O)c2cccc(OCC3CCCO3)c2)(C(=O)O)CC1. The zero-order chi connectivity index (χ0) is 18.6. The van der Waals surface area contributed by atoms with Crippen LogP contribution in [0.1, 0.15) is 55.8 Å². The average molecular weight is 361 g/mol. The van der Waals surface area contributed by atoms with Gasteiger partial charge in [0.15, 0.2) is 0 Å². The Hall–Kier alpha value is -2.08. The molecule has 1 unspecified atom stereocenters. The van der Waals surface area contributed by atoms with E-state index in [2.05, 4.69) is 12.2 Å². The minimum Gasteiger partial charge on any atom is -0.491 e. The highest BCUT2D eigenvalue weighted by Crippen LogP contribution is 2.32. The van der Waals surface area contributed by atoms with E-state index in [9.17, 15) is 14.7 Å². The van der Waals surface area contributed by atoms with Crippen LogP contribution in [0.3, 0.4) is 0 Å². The molecule has 1 atom stereocenters. The van der Waals surface area contributed by atoms with Crippen LogP contribution in [0.2, 0.25) is 0 Å². The van der Waals surface area contributed by atoms with Crippen molar-refractivity contribution in [1.29, 1.82) is 0 Å². The van der Waals surface area contributed by atoms with Gasteiger partial charge in [-0.3, -0.25) is 4.79 Å². The molecular weight excluding hydrogens is 334 g/mol. The van der Waals surface area contributed by atoms with E-state index in [0.29, 0.717) is 36.7 Å². The van der Waals surface area contributed by atoms with Gasteiger partial charge in [-0.1, -0.05) is 13.0 Å². The molecule has 1 saturated carbocycles. The number of nitrogens with one attached hydrogen (secondary N) is 1. The molecule has 26 heavy (non-hydrogen) atoms. The van der Waals surface area contributed by atoms with Crippen molar-refractivity contribution in [1.82, 2.24) is 5.32 Å². The van der Waals surface area contributed by atoms with E-state index in [4.69, 9.17) is 9.47 Å². The van der Waals surface area contributed by atoms with E-state index < -0.39 is 11.5 Å². The summed E-state index contributed by atoms with van der Waals surface area (Å²) < 4.78 is 11.3. The molecule has 2 fully saturated rings. The smallest absolute Gasteiger partial charge is 0.329 e. The summed E-state index contributed by atoms with van der Waals surface area (Å²) in [7, 11) is 0. The molecule has 0 bridgehead atoms. The second kappa shape index (κ2) is 8.08. The number of benzene rings is 1. The predicted molar refractivity (Wildman–Crippen MR) is 96.4 cm³/mol. The summed E-state index contributed by atoms with van der Waals surface area (Å²) in [6, 6.07) is 6.87. The summed E-state index contributed by atoms with van der Waals surface area (Å²) in [5.74, 6) is -0.239.